The summed E-state index contributed by atoms with van der Waals surface area (Å²) >= 11 is 0. The van der Waals surface area contributed by atoms with E-state index in [-0.39, 0.29) is 0 Å². The maximum atomic E-state index is 12.4. The van der Waals surface area contributed by atoms with Crippen molar-refractivity contribution in [2.75, 3.05) is 0 Å². The van der Waals surface area contributed by atoms with E-state index >= 15 is 0 Å². The number of ether oxygens (including phenoxy) is 1. The number of hydrogen-bond acceptors (Lipinski definition) is 3. The lowest BCUT2D eigenvalue weighted by Gasteiger charge is -2.14. The second-order valence-electron chi connectivity index (χ2n) is 2.53. The largest absolute Gasteiger partial charge is 0.546 e. The van der Waals surface area contributed by atoms with Gasteiger partial charge >= 0.3 is 0 Å². The molecule has 0 N–H and O–H groups in total. The van der Waals surface area contributed by atoms with E-state index < -0.39 is 17.9 Å². The summed E-state index contributed by atoms with van der Waals surface area (Å²) < 4.78 is 17.3. The zero-order chi connectivity index (χ0) is 9.84. The van der Waals surface area contributed by atoms with Gasteiger partial charge in [0.1, 0.15) is 17.7 Å². The standard InChI is InChI=1S/C9H9FO3/c1-6(9(11)12)13-8-4-2-7(10)3-5-8/h2-6H,1H3,(H,11,12)/p-1/t6-/m0/s1. The first-order chi connectivity index (χ1) is 6.09. The van der Waals surface area contributed by atoms with Crippen LogP contribution in [0, 0.1) is 5.82 Å². The first kappa shape index (κ1) is 9.51. The molecular weight excluding hydrogens is 175 g/mol. The molecular formula is C9H8FO3-. The van der Waals surface area contributed by atoms with Gasteiger partial charge in [-0.05, 0) is 31.2 Å². The Hall–Kier alpha value is -1.58. The molecule has 0 aliphatic rings. The van der Waals surface area contributed by atoms with Crippen molar-refractivity contribution in [3.05, 3.63) is 30.1 Å². The molecule has 13 heavy (non-hydrogen) atoms. The molecule has 0 fully saturated rings. The maximum Gasteiger partial charge on any atom is 0.135 e. The summed E-state index contributed by atoms with van der Waals surface area (Å²) in [5, 5.41) is 10.3. The molecule has 0 aliphatic heterocycles. The van der Waals surface area contributed by atoms with Crippen molar-refractivity contribution in [1.29, 1.82) is 0 Å². The van der Waals surface area contributed by atoms with Crippen LogP contribution in [-0.2, 0) is 4.79 Å². The highest BCUT2D eigenvalue weighted by Gasteiger charge is 2.03. The summed E-state index contributed by atoms with van der Waals surface area (Å²) in [5.74, 6) is -1.39. The lowest BCUT2D eigenvalue weighted by atomic mass is 10.3. The molecule has 0 aromatic heterocycles. The fourth-order valence-electron chi connectivity index (χ4n) is 0.765. The Balaban J connectivity index is 2.64. The molecule has 0 aliphatic carbocycles. The molecule has 0 radical (unpaired) electrons. The third kappa shape index (κ3) is 2.74. The van der Waals surface area contributed by atoms with Crippen LogP contribution in [-0.4, -0.2) is 12.1 Å². The van der Waals surface area contributed by atoms with Gasteiger partial charge in [-0.3, -0.25) is 0 Å². The quantitative estimate of drug-likeness (QED) is 0.679. The molecule has 1 aromatic carbocycles. The zero-order valence-corrected chi connectivity index (χ0v) is 6.99. The third-order valence-electron chi connectivity index (χ3n) is 1.46. The fourth-order valence-corrected chi connectivity index (χ4v) is 0.765. The average Bonchev–Trinajstić information content (AvgIpc) is 2.08. The van der Waals surface area contributed by atoms with Gasteiger partial charge in [0, 0.05) is 0 Å². The number of carboxylic acids is 1. The summed E-state index contributed by atoms with van der Waals surface area (Å²) in [6.07, 6.45) is -1.04. The highest BCUT2D eigenvalue weighted by atomic mass is 19.1. The molecule has 1 atom stereocenters. The Bertz CT molecular complexity index is 294. The van der Waals surface area contributed by atoms with Crippen molar-refractivity contribution in [3.63, 3.8) is 0 Å². The van der Waals surface area contributed by atoms with Crippen molar-refractivity contribution >= 4 is 5.97 Å². The van der Waals surface area contributed by atoms with Gasteiger partial charge in [-0.2, -0.15) is 0 Å². The molecule has 3 nitrogen and oxygen atoms in total. The molecule has 0 heterocycles. The minimum Gasteiger partial charge on any atom is -0.546 e. The van der Waals surface area contributed by atoms with E-state index in [2.05, 4.69) is 0 Å². The van der Waals surface area contributed by atoms with E-state index in [0.29, 0.717) is 5.75 Å². The van der Waals surface area contributed by atoms with Crippen LogP contribution in [0.2, 0.25) is 0 Å². The van der Waals surface area contributed by atoms with Crippen LogP contribution in [0.1, 0.15) is 6.92 Å². The van der Waals surface area contributed by atoms with Crippen molar-refractivity contribution < 1.29 is 19.0 Å². The van der Waals surface area contributed by atoms with Crippen LogP contribution in [0.3, 0.4) is 0 Å². The Morgan fingerprint density at radius 2 is 2.00 bits per heavy atom. The molecule has 0 saturated heterocycles. The lowest BCUT2D eigenvalue weighted by Crippen LogP contribution is -2.37. The van der Waals surface area contributed by atoms with E-state index in [1.165, 1.54) is 31.2 Å². The molecule has 0 bridgehead atoms. The first-order valence-electron chi connectivity index (χ1n) is 3.72. The summed E-state index contributed by atoms with van der Waals surface area (Å²) in [4.78, 5) is 10.3. The van der Waals surface area contributed by atoms with Gasteiger partial charge in [0.05, 0.1) is 5.97 Å². The van der Waals surface area contributed by atoms with E-state index in [4.69, 9.17) is 4.74 Å². The Morgan fingerprint density at radius 3 is 2.46 bits per heavy atom. The fraction of sp³-hybridized carbons (Fsp3) is 0.222. The number of benzene rings is 1. The van der Waals surface area contributed by atoms with E-state index in [0.717, 1.165) is 0 Å². The number of aliphatic carboxylic acids is 1. The second-order valence-corrected chi connectivity index (χ2v) is 2.53. The van der Waals surface area contributed by atoms with Crippen LogP contribution in [0.5, 0.6) is 5.75 Å². The van der Waals surface area contributed by atoms with Crippen molar-refractivity contribution in [1.82, 2.24) is 0 Å². The molecule has 70 valence electrons. The van der Waals surface area contributed by atoms with Crippen molar-refractivity contribution in [2.24, 2.45) is 0 Å². The Morgan fingerprint density at radius 1 is 1.46 bits per heavy atom. The summed E-state index contributed by atoms with van der Waals surface area (Å²) in [6, 6.07) is 5.10. The van der Waals surface area contributed by atoms with E-state index in [1.807, 2.05) is 0 Å². The Labute approximate surface area is 74.8 Å². The second kappa shape index (κ2) is 3.89. The predicted octanol–water partition coefficient (Wildman–Crippen LogP) is 0.343. The molecule has 1 aromatic rings. The van der Waals surface area contributed by atoms with Gasteiger partial charge < -0.3 is 14.6 Å². The molecule has 4 heteroatoms. The third-order valence-corrected chi connectivity index (χ3v) is 1.46. The number of carbonyl (C=O) groups is 1. The topological polar surface area (TPSA) is 49.4 Å². The normalized spacial score (nSPS) is 12.2. The van der Waals surface area contributed by atoms with Gasteiger partial charge in [-0.15, -0.1) is 0 Å². The van der Waals surface area contributed by atoms with Crippen LogP contribution in [0.15, 0.2) is 24.3 Å². The summed E-state index contributed by atoms with van der Waals surface area (Å²) in [6.45, 7) is 1.35. The lowest BCUT2D eigenvalue weighted by molar-refractivity contribution is -0.312. The molecule has 0 spiro atoms. The van der Waals surface area contributed by atoms with E-state index in [1.54, 1.807) is 0 Å². The minimum absolute atomic E-state index is 0.304. The minimum atomic E-state index is -1.30. The van der Waals surface area contributed by atoms with Crippen LogP contribution < -0.4 is 9.84 Å². The summed E-state index contributed by atoms with van der Waals surface area (Å²) in [7, 11) is 0. The number of hydrogen-bond donors (Lipinski definition) is 0. The summed E-state index contributed by atoms with van der Waals surface area (Å²) in [5.41, 5.74) is 0. The zero-order valence-electron chi connectivity index (χ0n) is 6.99. The number of rotatable bonds is 3. The monoisotopic (exact) mass is 183 g/mol. The van der Waals surface area contributed by atoms with E-state index in [9.17, 15) is 14.3 Å². The smallest absolute Gasteiger partial charge is 0.135 e. The highest BCUT2D eigenvalue weighted by molar-refractivity contribution is 5.69. The van der Waals surface area contributed by atoms with Crippen molar-refractivity contribution in [2.45, 2.75) is 13.0 Å². The van der Waals surface area contributed by atoms with Crippen molar-refractivity contribution in [3.8, 4) is 5.75 Å². The van der Waals surface area contributed by atoms with Gasteiger partial charge in [0.2, 0.25) is 0 Å². The number of carboxylic acid groups (broad SMARTS) is 1. The van der Waals surface area contributed by atoms with Crippen LogP contribution in [0.4, 0.5) is 4.39 Å². The molecule has 0 amide bonds. The molecule has 0 unspecified atom stereocenters. The van der Waals surface area contributed by atoms with Gasteiger partial charge in [0.25, 0.3) is 0 Å². The number of halogens is 1. The van der Waals surface area contributed by atoms with Gasteiger partial charge in [0.15, 0.2) is 0 Å². The van der Waals surface area contributed by atoms with Gasteiger partial charge in [-0.25, -0.2) is 4.39 Å². The van der Waals surface area contributed by atoms with Crippen LogP contribution >= 0.6 is 0 Å². The first-order valence-corrected chi connectivity index (χ1v) is 3.72. The SMILES string of the molecule is C[C@H](Oc1ccc(F)cc1)C(=O)[O-]. The molecule has 0 saturated carbocycles. The predicted molar refractivity (Wildman–Crippen MR) is 41.5 cm³/mol. The van der Waals surface area contributed by atoms with Crippen LogP contribution in [0.25, 0.3) is 0 Å². The maximum absolute atomic E-state index is 12.4. The average molecular weight is 183 g/mol. The highest BCUT2D eigenvalue weighted by Crippen LogP contribution is 2.12. The Kier molecular flexibility index (Phi) is 2.84. The number of carbonyl (C=O) groups excluding carboxylic acids is 1. The molecule has 1 rings (SSSR count). The van der Waals surface area contributed by atoms with Gasteiger partial charge in [-0.1, -0.05) is 0 Å².